The molecule has 0 unspecified atom stereocenters. The number of urea groups is 1. The summed E-state index contributed by atoms with van der Waals surface area (Å²) in [4.78, 5) is 16.0. The van der Waals surface area contributed by atoms with Crippen molar-refractivity contribution in [1.29, 1.82) is 0 Å². The minimum absolute atomic E-state index is 0.177. The maximum atomic E-state index is 12.9. The third-order valence-corrected chi connectivity index (χ3v) is 5.24. The van der Waals surface area contributed by atoms with Crippen molar-refractivity contribution in [3.05, 3.63) is 53.6 Å². The topological polar surface area (TPSA) is 54.0 Å². The number of rotatable bonds is 6. The van der Waals surface area contributed by atoms with E-state index in [0.29, 0.717) is 56.3 Å². The lowest BCUT2D eigenvalue weighted by Gasteiger charge is -2.36. The van der Waals surface area contributed by atoms with Crippen LogP contribution in [0.3, 0.4) is 0 Å². The molecule has 1 heterocycles. The number of hydrogen-bond acceptors (Lipinski definition) is 4. The van der Waals surface area contributed by atoms with Gasteiger partial charge in [0.2, 0.25) is 0 Å². The summed E-state index contributed by atoms with van der Waals surface area (Å²) in [6, 6.07) is 10.7. The number of amides is 2. The van der Waals surface area contributed by atoms with E-state index < -0.39 is 11.7 Å². The van der Waals surface area contributed by atoms with Gasteiger partial charge in [-0.15, -0.1) is 0 Å². The Bertz CT molecular complexity index is 897. The molecule has 0 atom stereocenters. The maximum absolute atomic E-state index is 12.9. The van der Waals surface area contributed by atoms with Crippen LogP contribution in [0.2, 0.25) is 0 Å². The Morgan fingerprint density at radius 2 is 1.71 bits per heavy atom. The first-order valence-electron chi connectivity index (χ1n) is 9.97. The molecule has 1 saturated heterocycles. The Morgan fingerprint density at radius 3 is 2.35 bits per heavy atom. The smallest absolute Gasteiger partial charge is 0.416 e. The highest BCUT2D eigenvalue weighted by Gasteiger charge is 2.31. The number of ether oxygens (including phenoxy) is 2. The SMILES string of the molecule is COc1ccc(CCNC(=O)N2CCN(c3cccc(C(F)(F)F)c3)CC2)cc1OC. The van der Waals surface area contributed by atoms with Crippen LogP contribution in [0.5, 0.6) is 11.5 Å². The van der Waals surface area contributed by atoms with E-state index in [4.69, 9.17) is 9.47 Å². The van der Waals surface area contributed by atoms with Crippen molar-refractivity contribution in [3.8, 4) is 11.5 Å². The molecule has 6 nitrogen and oxygen atoms in total. The van der Waals surface area contributed by atoms with Crippen LogP contribution in [0.4, 0.5) is 23.7 Å². The number of halogens is 3. The predicted molar refractivity (Wildman–Crippen MR) is 112 cm³/mol. The molecule has 1 fully saturated rings. The van der Waals surface area contributed by atoms with Crippen molar-refractivity contribution in [2.75, 3.05) is 51.8 Å². The van der Waals surface area contributed by atoms with Crippen LogP contribution in [0.15, 0.2) is 42.5 Å². The zero-order valence-electron chi connectivity index (χ0n) is 17.5. The molecule has 1 aliphatic rings. The number of alkyl halides is 3. The minimum atomic E-state index is -4.37. The Labute approximate surface area is 179 Å². The van der Waals surface area contributed by atoms with Gasteiger partial charge in [0.05, 0.1) is 19.8 Å². The maximum Gasteiger partial charge on any atom is 0.416 e. The third-order valence-electron chi connectivity index (χ3n) is 5.24. The van der Waals surface area contributed by atoms with Gasteiger partial charge in [-0.2, -0.15) is 13.2 Å². The number of benzene rings is 2. The van der Waals surface area contributed by atoms with E-state index in [1.165, 1.54) is 6.07 Å². The van der Waals surface area contributed by atoms with Crippen molar-refractivity contribution in [1.82, 2.24) is 10.2 Å². The summed E-state index contributed by atoms with van der Waals surface area (Å²) in [7, 11) is 3.15. The summed E-state index contributed by atoms with van der Waals surface area (Å²) in [5, 5.41) is 2.90. The van der Waals surface area contributed by atoms with E-state index in [1.54, 1.807) is 25.2 Å². The van der Waals surface area contributed by atoms with Crippen LogP contribution in [0.25, 0.3) is 0 Å². The molecule has 1 aliphatic heterocycles. The fourth-order valence-corrected chi connectivity index (χ4v) is 3.51. The molecule has 3 rings (SSSR count). The van der Waals surface area contributed by atoms with Gasteiger partial charge in [-0.25, -0.2) is 4.79 Å². The number of piperazine rings is 1. The second kappa shape index (κ2) is 9.80. The number of nitrogens with one attached hydrogen (secondary N) is 1. The van der Waals surface area contributed by atoms with E-state index in [2.05, 4.69) is 5.32 Å². The molecule has 1 N–H and O–H groups in total. The highest BCUT2D eigenvalue weighted by Crippen LogP contribution is 2.32. The number of carbonyl (C=O) groups is 1. The highest BCUT2D eigenvalue weighted by atomic mass is 19.4. The minimum Gasteiger partial charge on any atom is -0.493 e. The van der Waals surface area contributed by atoms with Gasteiger partial charge in [0.15, 0.2) is 11.5 Å². The second-order valence-electron chi connectivity index (χ2n) is 7.19. The molecule has 0 bridgehead atoms. The van der Waals surface area contributed by atoms with Gasteiger partial charge in [-0.1, -0.05) is 12.1 Å². The number of methoxy groups -OCH3 is 2. The van der Waals surface area contributed by atoms with Crippen molar-refractivity contribution in [2.24, 2.45) is 0 Å². The molecule has 31 heavy (non-hydrogen) atoms. The normalized spacial score (nSPS) is 14.4. The highest BCUT2D eigenvalue weighted by molar-refractivity contribution is 5.74. The average molecular weight is 437 g/mol. The van der Waals surface area contributed by atoms with Crippen molar-refractivity contribution >= 4 is 11.7 Å². The predicted octanol–water partition coefficient (Wildman–Crippen LogP) is 3.80. The Kier molecular flexibility index (Phi) is 7.14. The first-order chi connectivity index (χ1) is 14.8. The third kappa shape index (κ3) is 5.74. The van der Waals surface area contributed by atoms with Crippen LogP contribution >= 0.6 is 0 Å². The Balaban J connectivity index is 1.47. The van der Waals surface area contributed by atoms with Crippen LogP contribution in [0, 0.1) is 0 Å². The number of hydrogen-bond donors (Lipinski definition) is 1. The van der Waals surface area contributed by atoms with Crippen LogP contribution in [0.1, 0.15) is 11.1 Å². The quantitative estimate of drug-likeness (QED) is 0.747. The first-order valence-corrected chi connectivity index (χ1v) is 9.97. The zero-order valence-corrected chi connectivity index (χ0v) is 17.5. The molecule has 0 aliphatic carbocycles. The van der Waals surface area contributed by atoms with Crippen molar-refractivity contribution in [2.45, 2.75) is 12.6 Å². The van der Waals surface area contributed by atoms with Gasteiger partial charge >= 0.3 is 12.2 Å². The van der Waals surface area contributed by atoms with E-state index in [-0.39, 0.29) is 6.03 Å². The van der Waals surface area contributed by atoms with Gasteiger partial charge in [-0.05, 0) is 42.3 Å². The zero-order chi connectivity index (χ0) is 22.4. The molecule has 168 valence electrons. The van der Waals surface area contributed by atoms with Crippen molar-refractivity contribution in [3.63, 3.8) is 0 Å². The molecular weight excluding hydrogens is 411 g/mol. The van der Waals surface area contributed by atoms with Crippen molar-refractivity contribution < 1.29 is 27.4 Å². The summed E-state index contributed by atoms with van der Waals surface area (Å²) in [6.07, 6.45) is -3.73. The summed E-state index contributed by atoms with van der Waals surface area (Å²) in [5.41, 5.74) is 0.857. The molecule has 9 heteroatoms. The van der Waals surface area contributed by atoms with Gasteiger partial charge in [0.25, 0.3) is 0 Å². The summed E-state index contributed by atoms with van der Waals surface area (Å²) in [6.45, 7) is 2.30. The average Bonchev–Trinajstić information content (AvgIpc) is 2.78. The summed E-state index contributed by atoms with van der Waals surface area (Å²) >= 11 is 0. The number of nitrogens with zero attached hydrogens (tertiary/aromatic N) is 2. The van der Waals surface area contributed by atoms with E-state index in [9.17, 15) is 18.0 Å². The van der Waals surface area contributed by atoms with Gasteiger partial charge < -0.3 is 24.6 Å². The number of carbonyl (C=O) groups excluding carboxylic acids is 1. The van der Waals surface area contributed by atoms with Gasteiger partial charge in [-0.3, -0.25) is 0 Å². The lowest BCUT2D eigenvalue weighted by atomic mass is 10.1. The fourth-order valence-electron chi connectivity index (χ4n) is 3.51. The van der Waals surface area contributed by atoms with Crippen LogP contribution < -0.4 is 19.7 Å². The Hall–Kier alpha value is -3.10. The monoisotopic (exact) mass is 437 g/mol. The molecule has 2 amide bonds. The number of anilines is 1. The molecule has 0 saturated carbocycles. The molecular formula is C22H26F3N3O3. The molecule has 0 spiro atoms. The second-order valence-corrected chi connectivity index (χ2v) is 7.19. The molecule has 2 aromatic carbocycles. The lowest BCUT2D eigenvalue weighted by Crippen LogP contribution is -2.52. The summed E-state index contributed by atoms with van der Waals surface area (Å²) < 4.78 is 49.3. The first kappa shape index (κ1) is 22.6. The lowest BCUT2D eigenvalue weighted by molar-refractivity contribution is -0.137. The summed E-state index contributed by atoms with van der Waals surface area (Å²) in [5.74, 6) is 1.28. The Morgan fingerprint density at radius 1 is 1.00 bits per heavy atom. The standard InChI is InChI=1S/C22H26F3N3O3/c1-30-19-7-6-16(14-20(19)31-2)8-9-26-21(29)28-12-10-27(11-13-28)18-5-3-4-17(15-18)22(23,24)25/h3-7,14-15H,8-13H2,1-2H3,(H,26,29). The molecule has 2 aromatic rings. The van der Waals surface area contributed by atoms with Gasteiger partial charge in [0.1, 0.15) is 0 Å². The molecule has 0 radical (unpaired) electrons. The largest absolute Gasteiger partial charge is 0.493 e. The van der Waals surface area contributed by atoms with Crippen LogP contribution in [-0.2, 0) is 12.6 Å². The van der Waals surface area contributed by atoms with E-state index in [1.807, 2.05) is 23.1 Å². The van der Waals surface area contributed by atoms with E-state index >= 15 is 0 Å². The van der Waals surface area contributed by atoms with E-state index in [0.717, 1.165) is 17.7 Å². The molecule has 0 aromatic heterocycles. The van der Waals surface area contributed by atoms with Crippen LogP contribution in [-0.4, -0.2) is 57.9 Å². The van der Waals surface area contributed by atoms with Gasteiger partial charge in [0, 0.05) is 38.4 Å². The fraction of sp³-hybridized carbons (Fsp3) is 0.409.